The van der Waals surface area contributed by atoms with Gasteiger partial charge in [0, 0.05) is 12.1 Å². The largest absolute Gasteiger partial charge is 0.494 e. The Kier molecular flexibility index (Phi) is 8.76. The Bertz CT molecular complexity index is 915. The number of ether oxygens (including phenoxy) is 2. The number of carbonyl (C=O) groups excluding carboxylic acids is 3. The minimum Gasteiger partial charge on any atom is -0.494 e. The molecular formula is C21H23N3O5S. The third kappa shape index (κ3) is 7.17. The first-order chi connectivity index (χ1) is 14.4. The van der Waals surface area contributed by atoms with Crippen LogP contribution >= 0.6 is 12.2 Å². The number of anilines is 2. The Hall–Kier alpha value is -3.46. The molecule has 0 heterocycles. The number of benzene rings is 2. The zero-order valence-corrected chi connectivity index (χ0v) is 17.5. The van der Waals surface area contributed by atoms with Gasteiger partial charge in [-0.1, -0.05) is 12.1 Å². The van der Waals surface area contributed by atoms with Gasteiger partial charge in [0.2, 0.25) is 5.91 Å². The monoisotopic (exact) mass is 429 g/mol. The number of carbonyl (C=O) groups is 3. The molecule has 2 aromatic carbocycles. The fourth-order valence-electron chi connectivity index (χ4n) is 2.45. The summed E-state index contributed by atoms with van der Waals surface area (Å²) < 4.78 is 9.88. The number of nitrogens with one attached hydrogen (secondary N) is 3. The number of thiocarbonyl (C=S) groups is 1. The average Bonchev–Trinajstić information content (AvgIpc) is 2.73. The van der Waals surface area contributed by atoms with Crippen molar-refractivity contribution >= 4 is 46.5 Å². The van der Waals surface area contributed by atoms with Crippen LogP contribution in [-0.2, 0) is 14.3 Å². The number of esters is 1. The molecule has 30 heavy (non-hydrogen) atoms. The van der Waals surface area contributed by atoms with Crippen molar-refractivity contribution in [1.82, 2.24) is 5.32 Å². The molecule has 0 fully saturated rings. The summed E-state index contributed by atoms with van der Waals surface area (Å²) in [6.45, 7) is 2.45. The van der Waals surface area contributed by atoms with Crippen molar-refractivity contribution in [2.75, 3.05) is 24.4 Å². The predicted molar refractivity (Wildman–Crippen MR) is 118 cm³/mol. The van der Waals surface area contributed by atoms with Gasteiger partial charge < -0.3 is 25.4 Å². The second-order valence-corrected chi connectivity index (χ2v) is 6.44. The molecule has 0 radical (unpaired) electrons. The van der Waals surface area contributed by atoms with E-state index in [4.69, 9.17) is 17.0 Å². The molecule has 2 aromatic rings. The Morgan fingerprint density at radius 1 is 0.967 bits per heavy atom. The molecule has 0 saturated heterocycles. The number of hydrogen-bond donors (Lipinski definition) is 3. The Morgan fingerprint density at radius 3 is 2.33 bits per heavy atom. The molecule has 0 aliphatic rings. The maximum atomic E-state index is 12.7. The zero-order valence-electron chi connectivity index (χ0n) is 16.7. The Balaban J connectivity index is 1.99. The van der Waals surface area contributed by atoms with Crippen LogP contribution in [0.4, 0.5) is 11.4 Å². The quantitative estimate of drug-likeness (QED) is 0.437. The summed E-state index contributed by atoms with van der Waals surface area (Å²) in [7, 11) is 1.25. The molecule has 0 spiro atoms. The second kappa shape index (κ2) is 11.5. The summed E-state index contributed by atoms with van der Waals surface area (Å²) in [6.07, 6.45) is -0.111. The molecule has 2 rings (SSSR count). The molecule has 0 unspecified atom stereocenters. The minimum atomic E-state index is -0.486. The first-order valence-electron chi connectivity index (χ1n) is 9.23. The fourth-order valence-corrected chi connectivity index (χ4v) is 2.67. The van der Waals surface area contributed by atoms with Crippen molar-refractivity contribution in [3.63, 3.8) is 0 Å². The molecule has 3 N–H and O–H groups in total. The van der Waals surface area contributed by atoms with E-state index >= 15 is 0 Å². The molecule has 8 nitrogen and oxygen atoms in total. The number of amides is 2. The van der Waals surface area contributed by atoms with Gasteiger partial charge in [-0.15, -0.1) is 0 Å². The molecule has 0 bridgehead atoms. The summed E-state index contributed by atoms with van der Waals surface area (Å²) in [5, 5.41) is 8.13. The highest BCUT2D eigenvalue weighted by molar-refractivity contribution is 7.80. The van der Waals surface area contributed by atoms with E-state index in [9.17, 15) is 14.4 Å². The van der Waals surface area contributed by atoms with Crippen LogP contribution in [0.2, 0.25) is 0 Å². The van der Waals surface area contributed by atoms with Gasteiger partial charge in [0.15, 0.2) is 5.11 Å². The van der Waals surface area contributed by atoms with Gasteiger partial charge in [-0.2, -0.15) is 0 Å². The van der Waals surface area contributed by atoms with Crippen LogP contribution in [0.25, 0.3) is 0 Å². The van der Waals surface area contributed by atoms with Crippen LogP contribution in [0.1, 0.15) is 30.1 Å². The lowest BCUT2D eigenvalue weighted by atomic mass is 10.1. The first kappa shape index (κ1) is 22.8. The fraction of sp³-hybridized carbons (Fsp3) is 0.238. The lowest BCUT2D eigenvalue weighted by Gasteiger charge is -2.14. The van der Waals surface area contributed by atoms with Crippen LogP contribution in [-0.4, -0.2) is 36.6 Å². The Morgan fingerprint density at radius 2 is 1.67 bits per heavy atom. The molecule has 0 saturated carbocycles. The van der Waals surface area contributed by atoms with Crippen molar-refractivity contribution in [1.29, 1.82) is 0 Å². The van der Waals surface area contributed by atoms with E-state index in [0.717, 1.165) is 0 Å². The topological polar surface area (TPSA) is 106 Å². The van der Waals surface area contributed by atoms with Crippen molar-refractivity contribution < 1.29 is 23.9 Å². The van der Waals surface area contributed by atoms with Crippen molar-refractivity contribution in [2.45, 2.75) is 19.8 Å². The molecule has 0 aliphatic heterocycles. The van der Waals surface area contributed by atoms with Gasteiger partial charge in [0.1, 0.15) is 5.75 Å². The molecular weight excluding hydrogens is 406 g/mol. The van der Waals surface area contributed by atoms with Gasteiger partial charge in [-0.05, 0) is 55.5 Å². The summed E-state index contributed by atoms with van der Waals surface area (Å²) >= 11 is 5.13. The Labute approximate surface area is 179 Å². The van der Waals surface area contributed by atoms with Crippen LogP contribution in [0.3, 0.4) is 0 Å². The van der Waals surface area contributed by atoms with Gasteiger partial charge in [-0.3, -0.25) is 14.4 Å². The number of para-hydroxylation sites is 1. The summed E-state index contributed by atoms with van der Waals surface area (Å²) in [5.41, 5.74) is 1.38. The van der Waals surface area contributed by atoms with Crippen LogP contribution in [0.5, 0.6) is 5.75 Å². The van der Waals surface area contributed by atoms with Crippen molar-refractivity contribution in [3.05, 3.63) is 54.1 Å². The van der Waals surface area contributed by atoms with E-state index in [1.54, 1.807) is 48.5 Å². The third-order valence-corrected chi connectivity index (χ3v) is 4.08. The van der Waals surface area contributed by atoms with Gasteiger partial charge >= 0.3 is 5.97 Å². The number of hydrogen-bond acceptors (Lipinski definition) is 6. The van der Waals surface area contributed by atoms with Crippen LogP contribution < -0.4 is 20.7 Å². The zero-order chi connectivity index (χ0) is 21.9. The molecule has 0 atom stereocenters. The lowest BCUT2D eigenvalue weighted by molar-refractivity contribution is -0.142. The van der Waals surface area contributed by atoms with Gasteiger partial charge in [-0.25, -0.2) is 0 Å². The second-order valence-electron chi connectivity index (χ2n) is 6.04. The highest BCUT2D eigenvalue weighted by Crippen LogP contribution is 2.19. The lowest BCUT2D eigenvalue weighted by Crippen LogP contribution is -2.34. The van der Waals surface area contributed by atoms with Crippen LogP contribution in [0.15, 0.2) is 48.5 Å². The number of rotatable bonds is 8. The maximum absolute atomic E-state index is 12.7. The van der Waals surface area contributed by atoms with E-state index in [-0.39, 0.29) is 23.9 Å². The summed E-state index contributed by atoms with van der Waals surface area (Å²) in [5.74, 6) is -0.553. The maximum Gasteiger partial charge on any atom is 0.306 e. The van der Waals surface area contributed by atoms with E-state index in [1.807, 2.05) is 6.92 Å². The average molecular weight is 429 g/mol. The molecule has 9 heteroatoms. The van der Waals surface area contributed by atoms with Crippen LogP contribution in [0, 0.1) is 0 Å². The van der Waals surface area contributed by atoms with Gasteiger partial charge in [0.25, 0.3) is 5.91 Å². The minimum absolute atomic E-state index is 0.0196. The van der Waals surface area contributed by atoms with Crippen molar-refractivity contribution in [3.8, 4) is 5.75 Å². The SMILES string of the molecule is CCOc1ccc(NC(=O)c2ccccc2NC(=S)NC(=O)CCC(=O)OC)cc1. The number of methoxy groups -OCH3 is 1. The molecule has 0 aromatic heterocycles. The molecule has 0 aliphatic carbocycles. The smallest absolute Gasteiger partial charge is 0.306 e. The van der Waals surface area contributed by atoms with E-state index in [1.165, 1.54) is 7.11 Å². The highest BCUT2D eigenvalue weighted by atomic mass is 32.1. The van der Waals surface area contributed by atoms with Gasteiger partial charge in [0.05, 0.1) is 31.4 Å². The highest BCUT2D eigenvalue weighted by Gasteiger charge is 2.14. The van der Waals surface area contributed by atoms with E-state index < -0.39 is 11.9 Å². The van der Waals surface area contributed by atoms with E-state index in [2.05, 4.69) is 20.7 Å². The normalized spacial score (nSPS) is 9.93. The summed E-state index contributed by atoms with van der Waals surface area (Å²) in [4.78, 5) is 35.7. The third-order valence-electron chi connectivity index (χ3n) is 3.88. The predicted octanol–water partition coefficient (Wildman–Crippen LogP) is 3.10. The molecule has 2 amide bonds. The standard InChI is InChI=1S/C21H23N3O5S/c1-3-29-15-10-8-14(9-11-15)22-20(27)16-6-4-5-7-17(16)23-21(30)24-18(25)12-13-19(26)28-2/h4-11H,3,12-13H2,1-2H3,(H,22,27)(H2,23,24,25,30). The van der Waals surface area contributed by atoms with Crippen molar-refractivity contribution in [2.24, 2.45) is 0 Å². The first-order valence-corrected chi connectivity index (χ1v) is 9.64. The summed E-state index contributed by atoms with van der Waals surface area (Å²) in [6, 6.07) is 13.8. The molecule has 158 valence electrons. The van der Waals surface area contributed by atoms with E-state index in [0.29, 0.717) is 29.3 Å².